The Bertz CT molecular complexity index is 404. The van der Waals surface area contributed by atoms with Gasteiger partial charge in [0.05, 0.1) is 5.69 Å². The fourth-order valence-electron chi connectivity index (χ4n) is 1.56. The number of nitrogens with two attached hydrogens (primary N) is 1. The van der Waals surface area contributed by atoms with E-state index in [-0.39, 0.29) is 5.91 Å². The number of anilines is 1. The standard InChI is InChI=1S/C13H18N2OS/c1-2-3-4-9-12(16)15-11-8-6-5-7-10(11)13(14)17/h5-8H,2-4,9H2,1H3,(H2,14,17)(H,15,16). The molecular formula is C13H18N2OS. The van der Waals surface area contributed by atoms with Crippen LogP contribution in [-0.2, 0) is 4.79 Å². The first-order valence-electron chi connectivity index (χ1n) is 5.83. The molecule has 0 aromatic heterocycles. The lowest BCUT2D eigenvalue weighted by molar-refractivity contribution is -0.116. The van der Waals surface area contributed by atoms with Crippen LogP contribution in [0, 0.1) is 0 Å². The van der Waals surface area contributed by atoms with E-state index in [0.29, 0.717) is 22.7 Å². The third-order valence-electron chi connectivity index (χ3n) is 2.47. The van der Waals surface area contributed by atoms with Gasteiger partial charge in [-0.25, -0.2) is 0 Å². The Hall–Kier alpha value is -1.42. The van der Waals surface area contributed by atoms with Crippen LogP contribution < -0.4 is 11.1 Å². The predicted molar refractivity (Wildman–Crippen MR) is 75.1 cm³/mol. The maximum absolute atomic E-state index is 11.7. The van der Waals surface area contributed by atoms with Crippen molar-refractivity contribution in [2.24, 2.45) is 5.73 Å². The van der Waals surface area contributed by atoms with Crippen molar-refractivity contribution in [1.29, 1.82) is 0 Å². The summed E-state index contributed by atoms with van der Waals surface area (Å²) in [6, 6.07) is 7.32. The van der Waals surface area contributed by atoms with Gasteiger partial charge in [-0.2, -0.15) is 0 Å². The van der Waals surface area contributed by atoms with Crippen molar-refractivity contribution in [3.63, 3.8) is 0 Å². The molecule has 3 N–H and O–H groups in total. The average molecular weight is 250 g/mol. The molecule has 0 bridgehead atoms. The number of carbonyl (C=O) groups is 1. The fraction of sp³-hybridized carbons (Fsp3) is 0.385. The van der Waals surface area contributed by atoms with Crippen molar-refractivity contribution in [2.45, 2.75) is 32.6 Å². The second-order valence-corrected chi connectivity index (χ2v) is 4.35. The Labute approximate surface area is 107 Å². The molecule has 0 fully saturated rings. The van der Waals surface area contributed by atoms with Crippen LogP contribution in [0.1, 0.15) is 38.2 Å². The summed E-state index contributed by atoms with van der Waals surface area (Å²) >= 11 is 4.94. The van der Waals surface area contributed by atoms with E-state index in [2.05, 4.69) is 12.2 Å². The van der Waals surface area contributed by atoms with E-state index < -0.39 is 0 Å². The number of para-hydroxylation sites is 1. The summed E-state index contributed by atoms with van der Waals surface area (Å²) in [7, 11) is 0. The van der Waals surface area contributed by atoms with Gasteiger partial charge in [-0.15, -0.1) is 0 Å². The molecule has 0 spiro atoms. The first-order valence-corrected chi connectivity index (χ1v) is 6.24. The first kappa shape index (κ1) is 13.6. The molecule has 0 atom stereocenters. The highest BCUT2D eigenvalue weighted by Gasteiger charge is 2.07. The lowest BCUT2D eigenvalue weighted by atomic mass is 10.1. The summed E-state index contributed by atoms with van der Waals surface area (Å²) in [5.41, 5.74) is 7.00. The third-order valence-corrected chi connectivity index (χ3v) is 2.69. The van der Waals surface area contributed by atoms with Crippen LogP contribution in [0.2, 0.25) is 0 Å². The normalized spacial score (nSPS) is 9.94. The van der Waals surface area contributed by atoms with Gasteiger partial charge in [0.15, 0.2) is 0 Å². The third kappa shape index (κ3) is 4.53. The molecule has 0 aliphatic heterocycles. The molecule has 0 aliphatic carbocycles. The highest BCUT2D eigenvalue weighted by Crippen LogP contribution is 2.15. The van der Waals surface area contributed by atoms with Gasteiger partial charge in [0.25, 0.3) is 0 Å². The topological polar surface area (TPSA) is 55.1 Å². The van der Waals surface area contributed by atoms with Crippen LogP contribution in [0.5, 0.6) is 0 Å². The smallest absolute Gasteiger partial charge is 0.224 e. The molecule has 1 aromatic carbocycles. The maximum Gasteiger partial charge on any atom is 0.224 e. The van der Waals surface area contributed by atoms with Gasteiger partial charge >= 0.3 is 0 Å². The second-order valence-electron chi connectivity index (χ2n) is 3.92. The lowest BCUT2D eigenvalue weighted by Gasteiger charge is -2.09. The van der Waals surface area contributed by atoms with Gasteiger partial charge in [-0.3, -0.25) is 4.79 Å². The highest BCUT2D eigenvalue weighted by atomic mass is 32.1. The Morgan fingerprint density at radius 1 is 1.35 bits per heavy atom. The Balaban J connectivity index is 2.61. The Morgan fingerprint density at radius 3 is 2.71 bits per heavy atom. The summed E-state index contributed by atoms with van der Waals surface area (Å²) in [6.07, 6.45) is 3.64. The zero-order valence-electron chi connectivity index (χ0n) is 10.0. The summed E-state index contributed by atoms with van der Waals surface area (Å²) in [5.74, 6) is 0.0159. The zero-order chi connectivity index (χ0) is 12.7. The van der Waals surface area contributed by atoms with E-state index in [0.717, 1.165) is 19.3 Å². The van der Waals surface area contributed by atoms with Gasteiger partial charge < -0.3 is 11.1 Å². The number of thiocarbonyl (C=S) groups is 1. The van der Waals surface area contributed by atoms with Crippen molar-refractivity contribution >= 4 is 28.8 Å². The maximum atomic E-state index is 11.7. The minimum atomic E-state index is 0.0159. The zero-order valence-corrected chi connectivity index (χ0v) is 10.8. The summed E-state index contributed by atoms with van der Waals surface area (Å²) in [6.45, 7) is 2.11. The van der Waals surface area contributed by atoms with Gasteiger partial charge in [0, 0.05) is 12.0 Å². The lowest BCUT2D eigenvalue weighted by Crippen LogP contribution is -2.17. The molecule has 0 saturated carbocycles. The van der Waals surface area contributed by atoms with Crippen LogP contribution >= 0.6 is 12.2 Å². The molecule has 4 heteroatoms. The fourth-order valence-corrected chi connectivity index (χ4v) is 1.73. The molecule has 92 valence electrons. The number of nitrogens with one attached hydrogen (secondary N) is 1. The van der Waals surface area contributed by atoms with Gasteiger partial charge in [0.2, 0.25) is 5.91 Å². The molecule has 1 aromatic rings. The number of unbranched alkanes of at least 4 members (excludes halogenated alkanes) is 2. The van der Waals surface area contributed by atoms with Crippen LogP contribution in [0.25, 0.3) is 0 Å². The van der Waals surface area contributed by atoms with Crippen molar-refractivity contribution in [3.05, 3.63) is 29.8 Å². The summed E-state index contributed by atoms with van der Waals surface area (Å²) < 4.78 is 0. The average Bonchev–Trinajstić information content (AvgIpc) is 2.29. The number of benzene rings is 1. The van der Waals surface area contributed by atoms with Gasteiger partial charge in [0.1, 0.15) is 4.99 Å². The molecular weight excluding hydrogens is 232 g/mol. The molecule has 1 rings (SSSR count). The molecule has 1 amide bonds. The van der Waals surface area contributed by atoms with E-state index in [1.165, 1.54) is 0 Å². The van der Waals surface area contributed by atoms with Crippen molar-refractivity contribution in [1.82, 2.24) is 0 Å². The molecule has 0 heterocycles. The second kappa shape index (κ2) is 7.01. The van der Waals surface area contributed by atoms with E-state index in [4.69, 9.17) is 18.0 Å². The van der Waals surface area contributed by atoms with E-state index in [1.807, 2.05) is 24.3 Å². The van der Waals surface area contributed by atoms with Crippen molar-refractivity contribution in [2.75, 3.05) is 5.32 Å². The predicted octanol–water partition coefficient (Wildman–Crippen LogP) is 2.84. The quantitative estimate of drug-likeness (QED) is 0.603. The van der Waals surface area contributed by atoms with Gasteiger partial charge in [-0.05, 0) is 18.6 Å². The molecule has 17 heavy (non-hydrogen) atoms. The molecule has 3 nitrogen and oxygen atoms in total. The van der Waals surface area contributed by atoms with Crippen LogP contribution in [0.4, 0.5) is 5.69 Å². The van der Waals surface area contributed by atoms with Crippen LogP contribution in [0.15, 0.2) is 24.3 Å². The number of rotatable bonds is 6. The first-order chi connectivity index (χ1) is 8.15. The molecule has 0 unspecified atom stereocenters. The van der Waals surface area contributed by atoms with E-state index >= 15 is 0 Å². The minimum Gasteiger partial charge on any atom is -0.389 e. The number of hydrogen-bond acceptors (Lipinski definition) is 2. The minimum absolute atomic E-state index is 0.0159. The van der Waals surface area contributed by atoms with Crippen molar-refractivity contribution < 1.29 is 4.79 Å². The van der Waals surface area contributed by atoms with Crippen LogP contribution in [-0.4, -0.2) is 10.9 Å². The van der Waals surface area contributed by atoms with Gasteiger partial charge in [-0.1, -0.05) is 44.1 Å². The number of hydrogen-bond donors (Lipinski definition) is 2. The van der Waals surface area contributed by atoms with Crippen molar-refractivity contribution in [3.8, 4) is 0 Å². The van der Waals surface area contributed by atoms with E-state index in [1.54, 1.807) is 0 Å². The monoisotopic (exact) mass is 250 g/mol. The van der Waals surface area contributed by atoms with E-state index in [9.17, 15) is 4.79 Å². The largest absolute Gasteiger partial charge is 0.389 e. The Kier molecular flexibility index (Phi) is 5.63. The Morgan fingerprint density at radius 2 is 2.06 bits per heavy atom. The number of amides is 1. The summed E-state index contributed by atoms with van der Waals surface area (Å²) in [5, 5.41) is 2.84. The SMILES string of the molecule is CCCCCC(=O)Nc1ccccc1C(N)=S. The molecule has 0 radical (unpaired) electrons. The van der Waals surface area contributed by atoms with Crippen LogP contribution in [0.3, 0.4) is 0 Å². The number of carbonyl (C=O) groups excluding carboxylic acids is 1. The molecule has 0 aliphatic rings. The highest BCUT2D eigenvalue weighted by molar-refractivity contribution is 7.80. The summed E-state index contributed by atoms with van der Waals surface area (Å²) in [4.78, 5) is 12.0. The molecule has 0 saturated heterocycles.